The van der Waals surface area contributed by atoms with E-state index in [0.29, 0.717) is 0 Å². The topological polar surface area (TPSA) is 0 Å². The molecule has 14 heavy (non-hydrogen) atoms. The van der Waals surface area contributed by atoms with Crippen molar-refractivity contribution >= 4 is 19.8 Å². The number of hydrogen-bond donors (Lipinski definition) is 0. The highest BCUT2D eigenvalue weighted by Crippen LogP contribution is 2.17. The lowest BCUT2D eigenvalue weighted by molar-refractivity contribution is 1.62. The van der Waals surface area contributed by atoms with Crippen molar-refractivity contribution in [1.29, 1.82) is 0 Å². The first-order valence-electron chi connectivity index (χ1n) is 4.31. The molecule has 2 aromatic rings. The minimum atomic E-state index is 1.28. The first-order chi connectivity index (χ1) is 6.97. The average molecular weight is 219 g/mol. The third-order valence-electron chi connectivity index (χ3n) is 1.88. The normalized spacial score (nSPS) is 8.57. The van der Waals surface area contributed by atoms with Crippen LogP contribution >= 0.6 is 8.02 Å². The maximum Gasteiger partial charge on any atom is 0.153 e. The second kappa shape index (κ2) is 6.42. The molecule has 2 rings (SSSR count). The Morgan fingerprint density at radius 1 is 0.571 bits per heavy atom. The summed E-state index contributed by atoms with van der Waals surface area (Å²) in [5, 5.41) is 0. The third kappa shape index (κ3) is 3.02. The SMILES string of the molecule is [PH2+]=S.c1ccc(-c2ccccc2)cc1. The van der Waals surface area contributed by atoms with Crippen molar-refractivity contribution in [3.63, 3.8) is 0 Å². The van der Waals surface area contributed by atoms with Crippen LogP contribution in [0.25, 0.3) is 11.1 Å². The van der Waals surface area contributed by atoms with Gasteiger partial charge in [0.25, 0.3) is 0 Å². The highest BCUT2D eigenvalue weighted by Gasteiger charge is 1.91. The smallest absolute Gasteiger partial charge is 0.0622 e. The summed E-state index contributed by atoms with van der Waals surface area (Å²) < 4.78 is 0. The van der Waals surface area contributed by atoms with E-state index in [2.05, 4.69) is 60.3 Å². The lowest BCUT2D eigenvalue weighted by Crippen LogP contribution is -1.73. The van der Waals surface area contributed by atoms with Gasteiger partial charge in [0.2, 0.25) is 0 Å². The molecule has 0 nitrogen and oxygen atoms in total. The lowest BCUT2D eigenvalue weighted by Gasteiger charge is -1.98. The van der Waals surface area contributed by atoms with Crippen LogP contribution in [0, 0.1) is 0 Å². The monoisotopic (exact) mass is 219 g/mol. The van der Waals surface area contributed by atoms with Crippen molar-refractivity contribution in [2.45, 2.75) is 0 Å². The highest BCUT2D eigenvalue weighted by atomic mass is 32.4. The van der Waals surface area contributed by atoms with Crippen LogP contribution in [0.15, 0.2) is 60.7 Å². The minimum Gasteiger partial charge on any atom is -0.0622 e. The van der Waals surface area contributed by atoms with Crippen molar-refractivity contribution in [2.75, 3.05) is 0 Å². The van der Waals surface area contributed by atoms with E-state index in [0.717, 1.165) is 0 Å². The number of rotatable bonds is 1. The van der Waals surface area contributed by atoms with E-state index in [-0.39, 0.29) is 0 Å². The molecule has 0 fully saturated rings. The minimum absolute atomic E-state index is 1.28. The fourth-order valence-electron chi connectivity index (χ4n) is 1.26. The summed E-state index contributed by atoms with van der Waals surface area (Å²) in [4.78, 5) is 0. The first kappa shape index (κ1) is 11.0. The maximum atomic E-state index is 4.00. The Hall–Kier alpha value is -1.04. The van der Waals surface area contributed by atoms with Crippen molar-refractivity contribution in [3.05, 3.63) is 60.7 Å². The van der Waals surface area contributed by atoms with Crippen molar-refractivity contribution in [2.24, 2.45) is 0 Å². The van der Waals surface area contributed by atoms with Gasteiger partial charge in [0.1, 0.15) is 8.02 Å². The standard InChI is InChI=1S/C12H10.HPS/c1-3-7-11(8-4-1)12-9-5-2-6-10-12;1-2/h1-10H;1H/p+1. The second-order valence-corrected chi connectivity index (χ2v) is 2.73. The predicted octanol–water partition coefficient (Wildman–Crippen LogP) is 3.68. The molecule has 0 N–H and O–H groups in total. The van der Waals surface area contributed by atoms with Gasteiger partial charge in [-0.15, -0.1) is 0 Å². The molecule has 0 aliphatic heterocycles. The number of hydrogen-bond acceptors (Lipinski definition) is 1. The fraction of sp³-hybridized carbons (Fsp3) is 0. The van der Waals surface area contributed by atoms with Gasteiger partial charge < -0.3 is 0 Å². The van der Waals surface area contributed by atoms with Gasteiger partial charge >= 0.3 is 0 Å². The molecule has 0 aliphatic carbocycles. The second-order valence-electron chi connectivity index (χ2n) is 2.73. The Morgan fingerprint density at radius 2 is 0.857 bits per heavy atom. The van der Waals surface area contributed by atoms with Crippen molar-refractivity contribution in [3.8, 4) is 11.1 Å². The predicted molar refractivity (Wildman–Crippen MR) is 69.0 cm³/mol. The van der Waals surface area contributed by atoms with E-state index >= 15 is 0 Å². The average Bonchev–Trinajstić information content (AvgIpc) is 2.34. The fourth-order valence-corrected chi connectivity index (χ4v) is 1.26. The molecule has 70 valence electrons. The molecule has 0 bridgehead atoms. The van der Waals surface area contributed by atoms with Crippen molar-refractivity contribution in [1.82, 2.24) is 0 Å². The van der Waals surface area contributed by atoms with Gasteiger partial charge in [-0.05, 0) is 11.1 Å². The zero-order valence-electron chi connectivity index (χ0n) is 7.76. The summed E-state index contributed by atoms with van der Waals surface area (Å²) in [6, 6.07) is 20.8. The van der Waals surface area contributed by atoms with Gasteiger partial charge in [-0.3, -0.25) is 0 Å². The van der Waals surface area contributed by atoms with Gasteiger partial charge in [-0.1, -0.05) is 60.7 Å². The molecule has 1 atom stereocenters. The molecule has 1 unspecified atom stereocenters. The van der Waals surface area contributed by atoms with E-state index < -0.39 is 0 Å². The quantitative estimate of drug-likeness (QED) is 0.659. The molecule has 0 aromatic heterocycles. The van der Waals surface area contributed by atoms with Crippen LogP contribution in [0.1, 0.15) is 0 Å². The Labute approximate surface area is 91.9 Å². The molecule has 0 amide bonds. The van der Waals surface area contributed by atoms with Gasteiger partial charge in [0.05, 0.1) is 0 Å². The summed E-state index contributed by atoms with van der Waals surface area (Å²) in [6.07, 6.45) is 0. The maximum absolute atomic E-state index is 4.00. The molecule has 0 heterocycles. The van der Waals surface area contributed by atoms with Gasteiger partial charge in [-0.2, -0.15) is 0 Å². The van der Waals surface area contributed by atoms with E-state index in [1.165, 1.54) is 11.1 Å². The lowest BCUT2D eigenvalue weighted by atomic mass is 10.1. The molecule has 0 aliphatic rings. The summed E-state index contributed by atoms with van der Waals surface area (Å²) >= 11 is 4.00. The Kier molecular flexibility index (Phi) is 5.06. The van der Waals surface area contributed by atoms with Crippen LogP contribution in [-0.4, -0.2) is 0 Å². The van der Waals surface area contributed by atoms with Crippen LogP contribution in [0.4, 0.5) is 0 Å². The van der Waals surface area contributed by atoms with E-state index in [9.17, 15) is 0 Å². The molecule has 2 aromatic carbocycles. The van der Waals surface area contributed by atoms with Gasteiger partial charge in [0.15, 0.2) is 11.8 Å². The van der Waals surface area contributed by atoms with Crippen LogP contribution in [-0.2, 0) is 11.8 Å². The Morgan fingerprint density at radius 3 is 1.14 bits per heavy atom. The van der Waals surface area contributed by atoms with Crippen molar-refractivity contribution < 1.29 is 0 Å². The number of benzene rings is 2. The summed E-state index contributed by atoms with van der Waals surface area (Å²) in [7, 11) is 2.00. The molecule has 2 heteroatoms. The zero-order valence-corrected chi connectivity index (χ0v) is 9.73. The third-order valence-corrected chi connectivity index (χ3v) is 1.88. The summed E-state index contributed by atoms with van der Waals surface area (Å²) in [5.74, 6) is 0. The molecule has 0 radical (unpaired) electrons. The molecule has 0 saturated carbocycles. The largest absolute Gasteiger partial charge is 0.153 e. The van der Waals surface area contributed by atoms with Crippen LogP contribution in [0.5, 0.6) is 0 Å². The Balaban J connectivity index is 0.000000461. The van der Waals surface area contributed by atoms with Crippen LogP contribution in [0.3, 0.4) is 0 Å². The molecular formula is C12H12PS+. The van der Waals surface area contributed by atoms with Crippen LogP contribution < -0.4 is 0 Å². The van der Waals surface area contributed by atoms with Gasteiger partial charge in [0, 0.05) is 0 Å². The zero-order chi connectivity index (χ0) is 10.2. The molecule has 0 saturated heterocycles. The summed E-state index contributed by atoms with van der Waals surface area (Å²) in [5.41, 5.74) is 2.55. The molecular weight excluding hydrogens is 207 g/mol. The Bertz CT molecular complexity index is 321. The van der Waals surface area contributed by atoms with E-state index in [4.69, 9.17) is 0 Å². The van der Waals surface area contributed by atoms with Crippen LogP contribution in [0.2, 0.25) is 0 Å². The first-order valence-corrected chi connectivity index (χ1v) is 6.19. The molecule has 0 spiro atoms. The van der Waals surface area contributed by atoms with E-state index in [1.807, 2.05) is 20.1 Å². The highest BCUT2D eigenvalue weighted by molar-refractivity contribution is 7.88. The van der Waals surface area contributed by atoms with E-state index in [1.54, 1.807) is 0 Å². The summed E-state index contributed by atoms with van der Waals surface area (Å²) in [6.45, 7) is 0. The van der Waals surface area contributed by atoms with Gasteiger partial charge in [-0.25, -0.2) is 0 Å².